The van der Waals surface area contributed by atoms with E-state index in [2.05, 4.69) is 9.80 Å². The maximum atomic E-state index is 14.0. The van der Waals surface area contributed by atoms with Gasteiger partial charge in [-0.15, -0.1) is 0 Å². The van der Waals surface area contributed by atoms with Crippen LogP contribution in [-0.2, 0) is 20.8 Å². The zero-order valence-electron chi connectivity index (χ0n) is 25.8. The number of likely N-dealkylation sites (N-methyl/N-ethyl adjacent to an activating group) is 1. The van der Waals surface area contributed by atoms with Crippen LogP contribution < -0.4 is 5.73 Å². The predicted molar refractivity (Wildman–Crippen MR) is 163 cm³/mol. The van der Waals surface area contributed by atoms with E-state index in [1.54, 1.807) is 14.1 Å². The number of carbonyl (C=O) groups excluding carboxylic acids is 4. The minimum atomic E-state index is -2.70. The lowest BCUT2D eigenvalue weighted by atomic mass is 9.57. The molecule has 3 fully saturated rings. The van der Waals surface area contributed by atoms with Crippen LogP contribution in [0.4, 0.5) is 0 Å². The van der Waals surface area contributed by atoms with E-state index in [9.17, 15) is 39.6 Å². The second-order valence-electron chi connectivity index (χ2n) is 13.5. The summed E-state index contributed by atoms with van der Waals surface area (Å²) in [6.45, 7) is 3.50. The van der Waals surface area contributed by atoms with Gasteiger partial charge in [-0.1, -0.05) is 19.3 Å². The third kappa shape index (κ3) is 4.98. The van der Waals surface area contributed by atoms with Crippen LogP contribution >= 0.6 is 0 Å². The summed E-state index contributed by atoms with van der Waals surface area (Å²) in [5, 5.41) is 45.1. The van der Waals surface area contributed by atoms with Crippen LogP contribution in [0.3, 0.4) is 0 Å². The van der Waals surface area contributed by atoms with E-state index in [1.807, 2.05) is 0 Å². The number of phenolic OH excluding ortho intramolecular Hbond substituents is 1. The monoisotopic (exact) mass is 622 g/mol. The Balaban J connectivity index is 1.31. The number of nitrogens with two attached hydrogens (primary N) is 1. The zero-order valence-corrected chi connectivity index (χ0v) is 25.8. The minimum absolute atomic E-state index is 0.0296. The molecular formula is C33H42N4O8. The van der Waals surface area contributed by atoms with E-state index in [0.717, 1.165) is 26.2 Å². The molecule has 6 rings (SSSR count). The molecule has 1 amide bonds. The summed E-state index contributed by atoms with van der Waals surface area (Å²) in [6, 6.07) is 2.29. The fourth-order valence-electron chi connectivity index (χ4n) is 8.53. The number of fused-ring (bicyclic) bond motifs is 3. The van der Waals surface area contributed by atoms with E-state index >= 15 is 0 Å². The summed E-state index contributed by atoms with van der Waals surface area (Å²) < 4.78 is 0. The van der Waals surface area contributed by atoms with Crippen molar-refractivity contribution in [1.29, 1.82) is 0 Å². The Morgan fingerprint density at radius 3 is 2.31 bits per heavy atom. The number of amides is 1. The number of Topliss-reactive ketones (excluding diaryl/α,β-unsaturated/α-hetero) is 3. The van der Waals surface area contributed by atoms with Gasteiger partial charge in [-0.05, 0) is 63.4 Å². The van der Waals surface area contributed by atoms with Gasteiger partial charge in [0.25, 0.3) is 5.91 Å². The fourth-order valence-corrected chi connectivity index (χ4v) is 8.53. The topological polar surface area (TPSA) is 185 Å². The number of rotatable bonds is 6. The lowest BCUT2D eigenvalue weighted by molar-refractivity contribution is -0.153. The minimum Gasteiger partial charge on any atom is -0.508 e. The van der Waals surface area contributed by atoms with Gasteiger partial charge in [-0.3, -0.25) is 33.9 Å². The number of aromatic hydroxyl groups is 1. The largest absolute Gasteiger partial charge is 0.508 e. The number of aliphatic hydroxyl groups excluding tert-OH is 2. The summed E-state index contributed by atoms with van der Waals surface area (Å²) in [4.78, 5) is 59.3. The normalized spacial score (nSPS) is 29.9. The first-order chi connectivity index (χ1) is 21.4. The highest BCUT2D eigenvalue weighted by molar-refractivity contribution is 6.24. The summed E-state index contributed by atoms with van der Waals surface area (Å²) in [5.74, 6) is -7.31. The Kier molecular flexibility index (Phi) is 8.13. The molecule has 12 heteroatoms. The smallest absolute Gasteiger partial charge is 0.255 e. The number of piperazine rings is 1. The van der Waals surface area contributed by atoms with E-state index in [-0.39, 0.29) is 42.1 Å². The van der Waals surface area contributed by atoms with Crippen LogP contribution in [0, 0.1) is 11.8 Å². The number of ketones is 3. The molecule has 2 saturated carbocycles. The molecule has 6 N–H and O–H groups in total. The molecule has 4 aliphatic carbocycles. The molecule has 0 spiro atoms. The third-order valence-corrected chi connectivity index (χ3v) is 10.8. The molecule has 5 aliphatic rings. The highest BCUT2D eigenvalue weighted by Crippen LogP contribution is 2.53. The fraction of sp³-hybridized carbons (Fsp3) is 0.576. The molecule has 1 aromatic carbocycles. The van der Waals surface area contributed by atoms with E-state index in [1.165, 1.54) is 49.1 Å². The van der Waals surface area contributed by atoms with Crippen LogP contribution in [0.25, 0.3) is 5.76 Å². The maximum absolute atomic E-state index is 14.0. The van der Waals surface area contributed by atoms with Crippen molar-refractivity contribution in [3.05, 3.63) is 45.7 Å². The summed E-state index contributed by atoms with van der Waals surface area (Å²) in [6.07, 6.45) is 6.34. The lowest BCUT2D eigenvalue weighted by Gasteiger charge is -2.50. The molecule has 1 aliphatic heterocycles. The van der Waals surface area contributed by atoms with E-state index in [0.29, 0.717) is 17.2 Å². The van der Waals surface area contributed by atoms with Crippen molar-refractivity contribution in [2.45, 2.75) is 62.6 Å². The van der Waals surface area contributed by atoms with Crippen molar-refractivity contribution in [2.24, 2.45) is 17.6 Å². The Morgan fingerprint density at radius 2 is 1.69 bits per heavy atom. The first-order valence-corrected chi connectivity index (χ1v) is 15.8. The summed E-state index contributed by atoms with van der Waals surface area (Å²) in [7, 11) is 3.11. The number of phenols is 1. The van der Waals surface area contributed by atoms with Crippen molar-refractivity contribution in [2.75, 3.05) is 46.8 Å². The number of primary amides is 1. The zero-order chi connectivity index (χ0) is 32.4. The van der Waals surface area contributed by atoms with Gasteiger partial charge in [0.1, 0.15) is 22.8 Å². The van der Waals surface area contributed by atoms with Crippen LogP contribution in [0.5, 0.6) is 5.75 Å². The molecule has 0 aromatic heterocycles. The van der Waals surface area contributed by atoms with Gasteiger partial charge >= 0.3 is 0 Å². The number of aliphatic hydroxyl groups is 3. The van der Waals surface area contributed by atoms with Crippen molar-refractivity contribution >= 4 is 29.0 Å². The number of nitrogens with zero attached hydrogens (tertiary/aromatic N) is 3. The van der Waals surface area contributed by atoms with E-state index < -0.39 is 58.0 Å². The molecule has 12 nitrogen and oxygen atoms in total. The van der Waals surface area contributed by atoms with Gasteiger partial charge in [-0.25, -0.2) is 0 Å². The Morgan fingerprint density at radius 1 is 1.02 bits per heavy atom. The molecule has 4 atom stereocenters. The number of benzene rings is 1. The highest BCUT2D eigenvalue weighted by Gasteiger charge is 2.64. The highest BCUT2D eigenvalue weighted by atomic mass is 16.3. The van der Waals surface area contributed by atoms with Crippen LogP contribution in [0.15, 0.2) is 29.0 Å². The molecule has 1 aromatic rings. The number of hydrogen-bond donors (Lipinski definition) is 5. The van der Waals surface area contributed by atoms with Crippen molar-refractivity contribution < 1.29 is 39.6 Å². The molecular weight excluding hydrogens is 580 g/mol. The second kappa shape index (κ2) is 11.7. The quantitative estimate of drug-likeness (QED) is 0.226. The van der Waals surface area contributed by atoms with Crippen LogP contribution in [0.1, 0.15) is 60.0 Å². The van der Waals surface area contributed by atoms with Gasteiger partial charge in [0.15, 0.2) is 17.2 Å². The molecule has 0 unspecified atom stereocenters. The van der Waals surface area contributed by atoms with Gasteiger partial charge in [0.2, 0.25) is 5.78 Å². The van der Waals surface area contributed by atoms with Crippen LogP contribution in [0.2, 0.25) is 0 Å². The molecule has 45 heavy (non-hydrogen) atoms. The molecule has 0 radical (unpaired) electrons. The average molecular weight is 623 g/mol. The first kappa shape index (κ1) is 31.4. The second-order valence-corrected chi connectivity index (χ2v) is 13.5. The van der Waals surface area contributed by atoms with Crippen molar-refractivity contribution in [3.8, 4) is 5.75 Å². The van der Waals surface area contributed by atoms with Gasteiger partial charge in [0.05, 0.1) is 18.2 Å². The number of carbonyl (C=O) groups is 4. The Labute approximate surface area is 261 Å². The average Bonchev–Trinajstić information content (AvgIpc) is 2.99. The third-order valence-electron chi connectivity index (χ3n) is 10.8. The van der Waals surface area contributed by atoms with Gasteiger partial charge in [-0.2, -0.15) is 0 Å². The van der Waals surface area contributed by atoms with Gasteiger partial charge in [0, 0.05) is 49.3 Å². The SMILES string of the molecule is CN(C)[C@@H]1C(=O)C(C(N)=O)=C(O)[C@@]2(O)C(=O)C3=C(O)c4c(O)ccc(C(=O)CN5CCN(C6CCCCC6)CC5)c4C[C@H]3C[C@@H]12. The molecule has 242 valence electrons. The van der Waals surface area contributed by atoms with Crippen molar-refractivity contribution in [1.82, 2.24) is 14.7 Å². The van der Waals surface area contributed by atoms with Crippen LogP contribution in [-0.4, -0.2) is 123 Å². The summed E-state index contributed by atoms with van der Waals surface area (Å²) >= 11 is 0. The molecule has 0 bridgehead atoms. The Bertz CT molecular complexity index is 1520. The van der Waals surface area contributed by atoms with Crippen molar-refractivity contribution in [3.63, 3.8) is 0 Å². The predicted octanol–water partition coefficient (Wildman–Crippen LogP) is 1.10. The summed E-state index contributed by atoms with van der Waals surface area (Å²) in [5.41, 5.74) is 2.25. The molecule has 1 heterocycles. The number of hydrogen-bond acceptors (Lipinski definition) is 11. The van der Waals surface area contributed by atoms with E-state index in [4.69, 9.17) is 5.73 Å². The van der Waals surface area contributed by atoms with Gasteiger partial charge < -0.3 is 26.2 Å². The molecule has 1 saturated heterocycles. The first-order valence-electron chi connectivity index (χ1n) is 15.8. The maximum Gasteiger partial charge on any atom is 0.255 e. The Hall–Kier alpha value is -3.58. The lowest BCUT2D eigenvalue weighted by Crippen LogP contribution is -2.65. The standard InChI is InChI=1S/C33H42N4O8/c1-35(2)27-21-15-17-14-20-19(23(39)16-36-10-12-37(13-11-36)18-6-4-3-5-7-18)8-9-22(38)25(20)28(40)24(17)30(42)33(21,45)31(43)26(29(27)41)32(34)44/h8-9,17-18,21,27,38,40,43,45H,3-7,10-16H2,1-2H3,(H2,34,44)/t17-,21-,27-,33-/m0/s1.